The average molecular weight is 386 g/mol. The normalized spacial score (nSPS) is 12.9. The van der Waals surface area contributed by atoms with Gasteiger partial charge in [-0.15, -0.1) is 0 Å². The number of hydrogen-bond acceptors (Lipinski definition) is 6. The third kappa shape index (κ3) is 4.09. The summed E-state index contributed by atoms with van der Waals surface area (Å²) in [7, 11) is 2.51. The van der Waals surface area contributed by atoms with E-state index in [0.29, 0.717) is 11.3 Å². The first-order chi connectivity index (χ1) is 14.1. The van der Waals surface area contributed by atoms with Crippen LogP contribution in [-0.2, 0) is 19.1 Å². The zero-order chi connectivity index (χ0) is 20.8. The highest BCUT2D eigenvalue weighted by molar-refractivity contribution is 6.05. The van der Waals surface area contributed by atoms with Crippen molar-refractivity contribution in [1.82, 2.24) is 0 Å². The van der Waals surface area contributed by atoms with Crippen LogP contribution < -0.4 is 4.90 Å². The molecule has 1 aliphatic rings. The molecular weight excluding hydrogens is 368 g/mol. The molecule has 1 heterocycles. The van der Waals surface area contributed by atoms with Gasteiger partial charge in [-0.2, -0.15) is 5.26 Å². The van der Waals surface area contributed by atoms with Crippen LogP contribution in [0, 0.1) is 11.3 Å². The van der Waals surface area contributed by atoms with E-state index in [4.69, 9.17) is 14.7 Å². The van der Waals surface area contributed by atoms with Gasteiger partial charge in [0.05, 0.1) is 31.4 Å². The van der Waals surface area contributed by atoms with Crippen LogP contribution in [0.2, 0.25) is 0 Å². The van der Waals surface area contributed by atoms with Crippen molar-refractivity contribution < 1.29 is 19.1 Å². The Balaban J connectivity index is 2.14. The fraction of sp³-hybridized carbons (Fsp3) is 0.0870. The quantitative estimate of drug-likeness (QED) is 0.745. The maximum Gasteiger partial charge on any atom is 0.355 e. The molecule has 0 aliphatic carbocycles. The van der Waals surface area contributed by atoms with E-state index in [1.807, 2.05) is 36.4 Å². The molecule has 2 aromatic carbocycles. The number of benzene rings is 2. The minimum atomic E-state index is -0.668. The Labute approximate surface area is 168 Å². The molecule has 3 rings (SSSR count). The summed E-state index contributed by atoms with van der Waals surface area (Å²) >= 11 is 0. The van der Waals surface area contributed by atoms with Gasteiger partial charge in [0.15, 0.2) is 0 Å². The Morgan fingerprint density at radius 3 is 2.31 bits per heavy atom. The number of anilines is 1. The van der Waals surface area contributed by atoms with Gasteiger partial charge < -0.3 is 14.4 Å². The Hall–Kier alpha value is -4.11. The summed E-state index contributed by atoms with van der Waals surface area (Å²) in [6.07, 6.45) is 6.54. The molecule has 0 saturated heterocycles. The van der Waals surface area contributed by atoms with Gasteiger partial charge in [0.1, 0.15) is 5.70 Å². The summed E-state index contributed by atoms with van der Waals surface area (Å²) in [5.74, 6) is -1.31. The van der Waals surface area contributed by atoms with E-state index in [9.17, 15) is 9.59 Å². The van der Waals surface area contributed by atoms with Crippen LogP contribution in [0.5, 0.6) is 0 Å². The molecule has 0 atom stereocenters. The van der Waals surface area contributed by atoms with Crippen LogP contribution in [0.25, 0.3) is 11.1 Å². The molecule has 0 spiro atoms. The number of esters is 2. The Morgan fingerprint density at radius 2 is 1.62 bits per heavy atom. The van der Waals surface area contributed by atoms with Crippen molar-refractivity contribution in [3.8, 4) is 17.2 Å². The molecular formula is C23H18N2O4. The van der Waals surface area contributed by atoms with E-state index in [1.165, 1.54) is 20.3 Å². The summed E-state index contributed by atoms with van der Waals surface area (Å²) in [6, 6.07) is 16.8. The van der Waals surface area contributed by atoms with E-state index in [-0.39, 0.29) is 11.3 Å². The number of carbonyl (C=O) groups is 2. The number of methoxy groups -OCH3 is 2. The second kappa shape index (κ2) is 8.72. The zero-order valence-electron chi connectivity index (χ0n) is 16.0. The predicted molar refractivity (Wildman–Crippen MR) is 108 cm³/mol. The largest absolute Gasteiger partial charge is 0.465 e. The Bertz CT molecular complexity index is 1090. The number of nitrogens with zero attached hydrogens (tertiary/aromatic N) is 2. The third-order valence-electron chi connectivity index (χ3n) is 4.34. The van der Waals surface area contributed by atoms with Crippen molar-refractivity contribution in [2.75, 3.05) is 19.1 Å². The fourth-order valence-electron chi connectivity index (χ4n) is 2.97. The van der Waals surface area contributed by atoms with E-state index in [2.05, 4.69) is 6.07 Å². The number of allylic oxidation sites excluding steroid dienone is 2. The van der Waals surface area contributed by atoms with Gasteiger partial charge in [-0.1, -0.05) is 30.3 Å². The number of carbonyl (C=O) groups excluding carboxylic acids is 2. The van der Waals surface area contributed by atoms with Gasteiger partial charge in [-0.05, 0) is 47.5 Å². The lowest BCUT2D eigenvalue weighted by Crippen LogP contribution is -2.26. The number of hydrogen-bond donors (Lipinski definition) is 0. The van der Waals surface area contributed by atoms with Crippen molar-refractivity contribution in [1.29, 1.82) is 5.26 Å². The smallest absolute Gasteiger partial charge is 0.355 e. The first kappa shape index (κ1) is 19.6. The molecule has 2 aromatic rings. The molecule has 0 aromatic heterocycles. The van der Waals surface area contributed by atoms with Gasteiger partial charge in [-0.25, -0.2) is 9.59 Å². The lowest BCUT2D eigenvalue weighted by molar-refractivity contribution is -0.139. The van der Waals surface area contributed by atoms with Crippen LogP contribution in [0.1, 0.15) is 5.56 Å². The molecule has 0 amide bonds. The van der Waals surface area contributed by atoms with Crippen molar-refractivity contribution in [3.05, 3.63) is 89.8 Å². The Kier molecular flexibility index (Phi) is 5.91. The predicted octanol–water partition coefficient (Wildman–Crippen LogP) is 3.72. The monoisotopic (exact) mass is 386 g/mol. The van der Waals surface area contributed by atoms with E-state index < -0.39 is 11.9 Å². The molecule has 0 bridgehead atoms. The first-order valence-electron chi connectivity index (χ1n) is 8.74. The van der Waals surface area contributed by atoms with Crippen LogP contribution in [-0.4, -0.2) is 26.2 Å². The minimum Gasteiger partial charge on any atom is -0.465 e. The van der Waals surface area contributed by atoms with Crippen molar-refractivity contribution in [2.45, 2.75) is 0 Å². The van der Waals surface area contributed by atoms with E-state index in [1.54, 1.807) is 35.4 Å². The average Bonchev–Trinajstić information content (AvgIpc) is 3.01. The van der Waals surface area contributed by atoms with Crippen molar-refractivity contribution in [3.63, 3.8) is 0 Å². The first-order valence-corrected chi connectivity index (χ1v) is 8.74. The number of ether oxygens (including phenoxy) is 2. The van der Waals surface area contributed by atoms with E-state index in [0.717, 1.165) is 11.1 Å². The second-order valence-corrected chi connectivity index (χ2v) is 6.06. The van der Waals surface area contributed by atoms with Crippen LogP contribution in [0.3, 0.4) is 0 Å². The van der Waals surface area contributed by atoms with Crippen LogP contribution in [0.15, 0.2) is 84.2 Å². The maximum atomic E-state index is 12.5. The summed E-state index contributed by atoms with van der Waals surface area (Å²) in [6.45, 7) is 0. The van der Waals surface area contributed by atoms with Crippen LogP contribution >= 0.6 is 0 Å². The van der Waals surface area contributed by atoms with Gasteiger partial charge in [0, 0.05) is 11.9 Å². The highest BCUT2D eigenvalue weighted by Gasteiger charge is 2.27. The molecule has 0 N–H and O–H groups in total. The minimum absolute atomic E-state index is 0.0484. The summed E-state index contributed by atoms with van der Waals surface area (Å²) < 4.78 is 9.75. The summed E-state index contributed by atoms with van der Waals surface area (Å²) in [5, 5.41) is 9.15. The summed E-state index contributed by atoms with van der Waals surface area (Å²) in [5.41, 5.74) is 3.05. The van der Waals surface area contributed by atoms with Crippen LogP contribution in [0.4, 0.5) is 5.69 Å². The SMILES string of the molecule is COC(=O)C1=C(C(=O)OC)N(c2cccc(-c3cccc(C#N)c3)c2)C=CC=C1. The topological polar surface area (TPSA) is 79.6 Å². The highest BCUT2D eigenvalue weighted by atomic mass is 16.5. The highest BCUT2D eigenvalue weighted by Crippen LogP contribution is 2.30. The molecule has 0 fully saturated rings. The molecule has 29 heavy (non-hydrogen) atoms. The molecule has 6 heteroatoms. The molecule has 0 saturated carbocycles. The fourth-order valence-corrected chi connectivity index (χ4v) is 2.97. The molecule has 1 aliphatic heterocycles. The molecule has 144 valence electrons. The van der Waals surface area contributed by atoms with Crippen molar-refractivity contribution in [2.24, 2.45) is 0 Å². The summed E-state index contributed by atoms with van der Waals surface area (Å²) in [4.78, 5) is 26.4. The molecule has 0 unspecified atom stereocenters. The molecule has 0 radical (unpaired) electrons. The van der Waals surface area contributed by atoms with E-state index >= 15 is 0 Å². The van der Waals surface area contributed by atoms with Crippen molar-refractivity contribution >= 4 is 17.6 Å². The van der Waals surface area contributed by atoms with Gasteiger partial charge in [0.2, 0.25) is 0 Å². The zero-order valence-corrected chi connectivity index (χ0v) is 16.0. The lowest BCUT2D eigenvalue weighted by atomic mass is 10.0. The molecule has 6 nitrogen and oxygen atoms in total. The standard InChI is InChI=1S/C23H18N2O4/c1-28-22(26)20-11-3-4-12-25(21(20)23(27)29-2)19-10-6-9-18(14-19)17-8-5-7-16(13-17)15-24/h3-14H,1-2H3. The number of rotatable bonds is 4. The Morgan fingerprint density at radius 1 is 0.931 bits per heavy atom. The second-order valence-electron chi connectivity index (χ2n) is 6.06. The third-order valence-corrected chi connectivity index (χ3v) is 4.34. The van der Waals surface area contributed by atoms with Gasteiger partial charge in [0.25, 0.3) is 0 Å². The lowest BCUT2D eigenvalue weighted by Gasteiger charge is -2.23. The van der Waals surface area contributed by atoms with Gasteiger partial charge >= 0.3 is 11.9 Å². The van der Waals surface area contributed by atoms with Gasteiger partial charge in [-0.3, -0.25) is 0 Å². The maximum absolute atomic E-state index is 12.5. The number of nitriles is 1.